The molecule has 0 aliphatic heterocycles. The lowest BCUT2D eigenvalue weighted by molar-refractivity contribution is 0.180. The molecule has 100 valence electrons. The summed E-state index contributed by atoms with van der Waals surface area (Å²) in [5.41, 5.74) is 0.585. The Morgan fingerprint density at radius 1 is 1.37 bits per heavy atom. The Balaban J connectivity index is 2.14. The maximum Gasteiger partial charge on any atom is 0.264 e. The molecule has 1 N–H and O–H groups in total. The van der Waals surface area contributed by atoms with Gasteiger partial charge in [0.15, 0.2) is 0 Å². The van der Waals surface area contributed by atoms with E-state index in [-0.39, 0.29) is 5.56 Å². The largest absolute Gasteiger partial charge is 0.378 e. The van der Waals surface area contributed by atoms with Gasteiger partial charge in [-0.1, -0.05) is 18.2 Å². The Morgan fingerprint density at radius 3 is 2.79 bits per heavy atom. The minimum Gasteiger partial charge on any atom is -0.378 e. The van der Waals surface area contributed by atoms with Crippen LogP contribution in [-0.4, -0.2) is 17.1 Å². The third-order valence-electron chi connectivity index (χ3n) is 2.38. The molecule has 0 saturated carbocycles. The Bertz CT molecular complexity index is 601. The van der Waals surface area contributed by atoms with Crippen LogP contribution in [0.1, 0.15) is 11.5 Å². The quantitative estimate of drug-likeness (QED) is 0.632. The van der Waals surface area contributed by atoms with Crippen molar-refractivity contribution < 1.29 is 4.74 Å². The average molecular weight is 388 g/mol. The van der Waals surface area contributed by atoms with Gasteiger partial charge in [-0.2, -0.15) is 0 Å². The molecule has 19 heavy (non-hydrogen) atoms. The van der Waals surface area contributed by atoms with E-state index < -0.39 is 0 Å². The molecular weight excluding hydrogens is 375 g/mol. The molecule has 2 rings (SSSR count). The van der Waals surface area contributed by atoms with E-state index in [9.17, 15) is 4.79 Å². The van der Waals surface area contributed by atoms with Crippen LogP contribution in [0.3, 0.4) is 0 Å². The van der Waals surface area contributed by atoms with Crippen LogP contribution in [0.2, 0.25) is 0 Å². The number of benzene rings is 1. The average Bonchev–Trinajstić information content (AvgIpc) is 2.43. The van der Waals surface area contributed by atoms with Crippen molar-refractivity contribution in [1.82, 2.24) is 9.97 Å². The van der Waals surface area contributed by atoms with Gasteiger partial charge in [0, 0.05) is 12.0 Å². The van der Waals surface area contributed by atoms with Gasteiger partial charge in [0.2, 0.25) is 0 Å². The summed E-state index contributed by atoms with van der Waals surface area (Å²) in [7, 11) is 1.59. The second-order valence-corrected chi connectivity index (χ2v) is 5.94. The summed E-state index contributed by atoms with van der Waals surface area (Å²) in [6.07, 6.45) is 0. The zero-order valence-corrected chi connectivity index (χ0v) is 13.3. The molecule has 0 spiro atoms. The first-order valence-corrected chi connectivity index (χ1v) is 7.71. The molecule has 2 aromatic rings. The van der Waals surface area contributed by atoms with Gasteiger partial charge in [-0.15, -0.1) is 11.8 Å². The predicted molar refractivity (Wildman–Crippen MR) is 84.3 cm³/mol. The normalized spacial score (nSPS) is 10.6. The van der Waals surface area contributed by atoms with Gasteiger partial charge in [-0.05, 0) is 34.7 Å². The van der Waals surface area contributed by atoms with E-state index in [1.807, 2.05) is 52.9 Å². The van der Waals surface area contributed by atoms with Crippen LogP contribution in [0.5, 0.6) is 0 Å². The van der Waals surface area contributed by atoms with Gasteiger partial charge < -0.3 is 9.72 Å². The second kappa shape index (κ2) is 7.06. The molecule has 0 amide bonds. The van der Waals surface area contributed by atoms with Crippen LogP contribution in [0, 0.1) is 3.57 Å². The number of rotatable bonds is 5. The Hall–Kier alpha value is -0.860. The van der Waals surface area contributed by atoms with E-state index in [2.05, 4.69) is 9.97 Å². The van der Waals surface area contributed by atoms with Crippen molar-refractivity contribution in [2.45, 2.75) is 17.3 Å². The van der Waals surface area contributed by atoms with Gasteiger partial charge in [-0.25, -0.2) is 4.98 Å². The maximum atomic E-state index is 11.8. The first kappa shape index (κ1) is 14.5. The van der Waals surface area contributed by atoms with Gasteiger partial charge >= 0.3 is 0 Å². The fraction of sp³-hybridized carbons (Fsp3) is 0.231. The van der Waals surface area contributed by atoms with Crippen LogP contribution in [-0.2, 0) is 17.1 Å². The van der Waals surface area contributed by atoms with Gasteiger partial charge in [-0.3, -0.25) is 4.79 Å². The van der Waals surface area contributed by atoms with E-state index in [1.165, 1.54) is 0 Å². The van der Waals surface area contributed by atoms with Crippen molar-refractivity contribution in [3.05, 3.63) is 55.8 Å². The Labute approximate surface area is 129 Å². The molecule has 4 nitrogen and oxygen atoms in total. The maximum absolute atomic E-state index is 11.8. The number of aromatic nitrogens is 2. The minimum absolute atomic E-state index is 0.105. The molecule has 1 aromatic carbocycles. The number of methoxy groups -OCH3 is 1. The number of nitrogens with one attached hydrogen (secondary N) is 1. The van der Waals surface area contributed by atoms with Crippen LogP contribution in [0.4, 0.5) is 0 Å². The Kier molecular flexibility index (Phi) is 5.41. The van der Waals surface area contributed by atoms with Crippen LogP contribution in [0.25, 0.3) is 0 Å². The number of aromatic amines is 1. The molecule has 1 heterocycles. The molecule has 0 aliphatic carbocycles. The van der Waals surface area contributed by atoms with Crippen molar-refractivity contribution in [2.24, 2.45) is 0 Å². The summed E-state index contributed by atoms with van der Waals surface area (Å²) in [6.45, 7) is 0.352. The molecule has 0 radical (unpaired) electrons. The van der Waals surface area contributed by atoms with Crippen molar-refractivity contribution in [1.29, 1.82) is 0 Å². The van der Waals surface area contributed by atoms with Crippen LogP contribution < -0.4 is 5.56 Å². The van der Waals surface area contributed by atoms with Crippen molar-refractivity contribution in [3.63, 3.8) is 0 Å². The molecule has 0 aliphatic rings. The summed E-state index contributed by atoms with van der Waals surface area (Å²) in [5.74, 6) is 1.30. The fourth-order valence-electron chi connectivity index (χ4n) is 1.53. The standard InChI is InChI=1S/C13H13IN2O2S/c1-18-7-10-12(14)13(17)16-11(15-10)8-19-9-5-3-2-4-6-9/h2-6H,7-8H2,1H3,(H,15,16,17). The molecule has 6 heteroatoms. The van der Waals surface area contributed by atoms with Crippen LogP contribution in [0.15, 0.2) is 40.0 Å². The van der Waals surface area contributed by atoms with Gasteiger partial charge in [0.25, 0.3) is 5.56 Å². The van der Waals surface area contributed by atoms with Crippen molar-refractivity contribution >= 4 is 34.4 Å². The number of halogens is 1. The van der Waals surface area contributed by atoms with Gasteiger partial charge in [0.1, 0.15) is 9.39 Å². The zero-order valence-electron chi connectivity index (χ0n) is 10.4. The van der Waals surface area contributed by atoms with Crippen LogP contribution >= 0.6 is 34.4 Å². The minimum atomic E-state index is -0.105. The first-order valence-electron chi connectivity index (χ1n) is 5.65. The smallest absolute Gasteiger partial charge is 0.264 e. The van der Waals surface area contributed by atoms with E-state index >= 15 is 0 Å². The molecule has 0 bridgehead atoms. The highest BCUT2D eigenvalue weighted by molar-refractivity contribution is 14.1. The lowest BCUT2D eigenvalue weighted by Crippen LogP contribution is -2.18. The summed E-state index contributed by atoms with van der Waals surface area (Å²) >= 11 is 3.63. The summed E-state index contributed by atoms with van der Waals surface area (Å²) < 4.78 is 5.65. The number of hydrogen-bond donors (Lipinski definition) is 1. The monoisotopic (exact) mass is 388 g/mol. The molecule has 0 fully saturated rings. The number of H-pyrrole nitrogens is 1. The summed E-state index contributed by atoms with van der Waals surface area (Å²) in [6, 6.07) is 10.0. The second-order valence-electron chi connectivity index (χ2n) is 3.81. The van der Waals surface area contributed by atoms with E-state index in [1.54, 1.807) is 18.9 Å². The molecule has 0 unspecified atom stereocenters. The molecular formula is C13H13IN2O2S. The van der Waals surface area contributed by atoms with Gasteiger partial charge in [0.05, 0.1) is 18.1 Å². The number of hydrogen-bond acceptors (Lipinski definition) is 4. The molecule has 1 aromatic heterocycles. The molecule has 0 saturated heterocycles. The van der Waals surface area contributed by atoms with E-state index in [0.29, 0.717) is 27.4 Å². The van der Waals surface area contributed by atoms with Crippen molar-refractivity contribution in [2.75, 3.05) is 7.11 Å². The highest BCUT2D eigenvalue weighted by Gasteiger charge is 2.08. The zero-order chi connectivity index (χ0) is 13.7. The first-order chi connectivity index (χ1) is 9.20. The third-order valence-corrected chi connectivity index (χ3v) is 4.52. The van der Waals surface area contributed by atoms with E-state index in [4.69, 9.17) is 4.74 Å². The lowest BCUT2D eigenvalue weighted by Gasteiger charge is -2.06. The Morgan fingerprint density at radius 2 is 2.11 bits per heavy atom. The number of nitrogens with zero attached hydrogens (tertiary/aromatic N) is 1. The highest BCUT2D eigenvalue weighted by atomic mass is 127. The summed E-state index contributed by atoms with van der Waals surface area (Å²) in [5, 5.41) is 0. The SMILES string of the molecule is COCc1nc(CSc2ccccc2)[nH]c(=O)c1I. The number of ether oxygens (including phenoxy) is 1. The third kappa shape index (κ3) is 4.05. The summed E-state index contributed by atoms with van der Waals surface area (Å²) in [4.78, 5) is 20.2. The topological polar surface area (TPSA) is 55.0 Å². The number of thioether (sulfide) groups is 1. The highest BCUT2D eigenvalue weighted by Crippen LogP contribution is 2.20. The molecule has 0 atom stereocenters. The lowest BCUT2D eigenvalue weighted by atomic mass is 10.4. The van der Waals surface area contributed by atoms with E-state index in [0.717, 1.165) is 4.90 Å². The fourth-order valence-corrected chi connectivity index (χ4v) is 2.73. The van der Waals surface area contributed by atoms with Crippen molar-refractivity contribution in [3.8, 4) is 0 Å². The predicted octanol–water partition coefficient (Wildman–Crippen LogP) is 2.81.